The second kappa shape index (κ2) is 10.8. The molecular weight excluding hydrogens is 462 g/mol. The van der Waals surface area contributed by atoms with Crippen LogP contribution >= 0.6 is 23.1 Å². The van der Waals surface area contributed by atoms with E-state index < -0.39 is 11.9 Å². The van der Waals surface area contributed by atoms with Gasteiger partial charge in [-0.1, -0.05) is 42.8 Å². The first-order chi connectivity index (χ1) is 16.1. The summed E-state index contributed by atoms with van der Waals surface area (Å²) in [7, 11) is 1.36. The van der Waals surface area contributed by atoms with E-state index in [2.05, 4.69) is 10.6 Å². The molecule has 0 saturated carbocycles. The molecule has 8 nitrogen and oxygen atoms in total. The topological polar surface area (TPSA) is 108 Å². The van der Waals surface area contributed by atoms with Crippen molar-refractivity contribution in [2.24, 2.45) is 0 Å². The SMILES string of the molecule is COC(=O)c1c(NC(=O)CCSc2c([O-])on[n+]2-c2ccccc2)sc2c1CCCCCC2. The molecular formula is C23H25N3O5S2. The molecule has 1 amide bonds. The highest BCUT2D eigenvalue weighted by atomic mass is 32.2. The van der Waals surface area contributed by atoms with Crippen molar-refractivity contribution >= 4 is 40.0 Å². The number of aryl methyl sites for hydroxylation is 1. The van der Waals surface area contributed by atoms with Gasteiger partial charge in [0.25, 0.3) is 5.03 Å². The number of carbonyl (C=O) groups excluding carboxylic acids is 2. The normalized spacial score (nSPS) is 13.6. The minimum Gasteiger partial charge on any atom is -0.538 e. The average molecular weight is 488 g/mol. The predicted octanol–water partition coefficient (Wildman–Crippen LogP) is 3.65. The summed E-state index contributed by atoms with van der Waals surface area (Å²) in [4.78, 5) is 26.4. The molecule has 0 aliphatic heterocycles. The molecule has 0 spiro atoms. The van der Waals surface area contributed by atoms with Crippen molar-refractivity contribution in [3.8, 4) is 11.6 Å². The number of aromatic nitrogens is 2. The van der Waals surface area contributed by atoms with Gasteiger partial charge in [-0.2, -0.15) is 0 Å². The minimum atomic E-state index is -0.546. The number of thiophene rings is 1. The van der Waals surface area contributed by atoms with Gasteiger partial charge in [-0.25, -0.2) is 4.79 Å². The Morgan fingerprint density at radius 2 is 1.97 bits per heavy atom. The maximum absolute atomic E-state index is 12.7. The summed E-state index contributed by atoms with van der Waals surface area (Å²) >= 11 is 2.68. The van der Waals surface area contributed by atoms with Crippen LogP contribution in [-0.4, -0.2) is 30.0 Å². The summed E-state index contributed by atoms with van der Waals surface area (Å²) in [6.07, 6.45) is 6.31. The van der Waals surface area contributed by atoms with Crippen LogP contribution in [0, 0.1) is 0 Å². The van der Waals surface area contributed by atoms with Gasteiger partial charge in [0, 0.05) is 29.2 Å². The summed E-state index contributed by atoms with van der Waals surface area (Å²) in [5.74, 6) is -0.831. The number of methoxy groups -OCH3 is 1. The molecule has 0 unspecified atom stereocenters. The number of nitrogens with one attached hydrogen (secondary N) is 1. The van der Waals surface area contributed by atoms with Crippen molar-refractivity contribution in [3.63, 3.8) is 0 Å². The van der Waals surface area contributed by atoms with Gasteiger partial charge in [0.15, 0.2) is 5.95 Å². The maximum atomic E-state index is 12.7. The van der Waals surface area contributed by atoms with Crippen LogP contribution in [0.4, 0.5) is 5.00 Å². The summed E-state index contributed by atoms with van der Waals surface area (Å²) in [6, 6.07) is 9.18. The zero-order chi connectivity index (χ0) is 23.2. The fourth-order valence-electron chi connectivity index (χ4n) is 3.85. The highest BCUT2D eigenvalue weighted by Gasteiger charge is 2.26. The third-order valence-electron chi connectivity index (χ3n) is 5.45. The van der Waals surface area contributed by atoms with Crippen molar-refractivity contribution in [1.82, 2.24) is 5.27 Å². The second-order valence-electron chi connectivity index (χ2n) is 7.67. The third kappa shape index (κ3) is 5.39. The highest BCUT2D eigenvalue weighted by molar-refractivity contribution is 7.99. The number of fused-ring (bicyclic) bond motifs is 1. The number of hydrogen-bond donors (Lipinski definition) is 1. The molecule has 10 heteroatoms. The van der Waals surface area contributed by atoms with Gasteiger partial charge < -0.3 is 19.7 Å². The number of anilines is 1. The molecule has 1 aliphatic carbocycles. The lowest BCUT2D eigenvalue weighted by Crippen LogP contribution is -2.34. The maximum Gasteiger partial charge on any atom is 0.341 e. The number of hydrogen-bond acceptors (Lipinski definition) is 8. The average Bonchev–Trinajstić information content (AvgIpc) is 3.33. The Bertz CT molecular complexity index is 1130. The van der Waals surface area contributed by atoms with E-state index in [1.807, 2.05) is 30.3 Å². The van der Waals surface area contributed by atoms with Crippen LogP contribution in [0.3, 0.4) is 0 Å². The van der Waals surface area contributed by atoms with Crippen LogP contribution in [0.5, 0.6) is 5.95 Å². The lowest BCUT2D eigenvalue weighted by atomic mass is 9.96. The lowest BCUT2D eigenvalue weighted by Gasteiger charge is -2.11. The molecule has 1 aliphatic rings. The number of nitrogens with zero attached hydrogens (tertiary/aromatic N) is 2. The monoisotopic (exact) mass is 487 g/mol. The van der Waals surface area contributed by atoms with E-state index in [0.717, 1.165) is 42.5 Å². The van der Waals surface area contributed by atoms with Gasteiger partial charge >= 0.3 is 5.97 Å². The Balaban J connectivity index is 1.43. The third-order valence-corrected chi connectivity index (χ3v) is 7.68. The van der Waals surface area contributed by atoms with E-state index in [1.165, 1.54) is 41.3 Å². The van der Waals surface area contributed by atoms with Gasteiger partial charge in [-0.3, -0.25) is 4.79 Å². The Hall–Kier alpha value is -2.85. The molecule has 1 N–H and O–H groups in total. The molecule has 0 fully saturated rings. The number of para-hydroxylation sites is 1. The number of carbonyl (C=O) groups is 2. The van der Waals surface area contributed by atoms with Gasteiger partial charge in [0.1, 0.15) is 5.00 Å². The number of esters is 1. The first-order valence-electron chi connectivity index (χ1n) is 10.9. The number of rotatable bonds is 7. The van der Waals surface area contributed by atoms with E-state index in [1.54, 1.807) is 0 Å². The summed E-state index contributed by atoms with van der Waals surface area (Å²) in [5, 5.41) is 19.7. The van der Waals surface area contributed by atoms with E-state index in [0.29, 0.717) is 27.0 Å². The molecule has 4 rings (SSSR count). The van der Waals surface area contributed by atoms with Gasteiger partial charge in [0.05, 0.1) is 17.9 Å². The Kier molecular flexibility index (Phi) is 7.66. The smallest absolute Gasteiger partial charge is 0.341 e. The summed E-state index contributed by atoms with van der Waals surface area (Å²) < 4.78 is 11.3. The van der Waals surface area contributed by atoms with Crippen LogP contribution < -0.4 is 15.1 Å². The molecule has 0 radical (unpaired) electrons. The predicted molar refractivity (Wildman–Crippen MR) is 123 cm³/mol. The van der Waals surface area contributed by atoms with Crippen LogP contribution in [0.2, 0.25) is 0 Å². The zero-order valence-electron chi connectivity index (χ0n) is 18.3. The van der Waals surface area contributed by atoms with E-state index >= 15 is 0 Å². The standard InChI is InChI=1S/C23H25N3O5S2/c1-30-22(28)19-16-11-7-2-3-8-12-17(16)33-20(19)24-18(27)13-14-32-21-23(29)31-25-26(21)15-9-5-4-6-10-15/h4-6,9-10H,2-3,7-8,11-14H2,1H3,(H-,24,25,27,28,29). The second-order valence-corrected chi connectivity index (χ2v) is 9.86. The Morgan fingerprint density at radius 1 is 1.21 bits per heavy atom. The van der Waals surface area contributed by atoms with Crippen LogP contribution in [-0.2, 0) is 22.4 Å². The first-order valence-corrected chi connectivity index (χ1v) is 12.7. The van der Waals surface area contributed by atoms with Crippen molar-refractivity contribution in [3.05, 3.63) is 46.3 Å². The fraction of sp³-hybridized carbons (Fsp3) is 0.391. The Labute approximate surface area is 199 Å². The van der Waals surface area contributed by atoms with Crippen LogP contribution in [0.1, 0.15) is 52.9 Å². The quantitative estimate of drug-likeness (QED) is 0.308. The molecule has 3 aromatic rings. The van der Waals surface area contributed by atoms with Gasteiger partial charge in [0.2, 0.25) is 11.6 Å². The molecule has 0 bridgehead atoms. The van der Waals surface area contributed by atoms with Crippen molar-refractivity contribution < 1.29 is 28.6 Å². The molecule has 2 heterocycles. The number of ether oxygens (including phenoxy) is 1. The summed E-state index contributed by atoms with van der Waals surface area (Å²) in [6.45, 7) is 0. The molecule has 33 heavy (non-hydrogen) atoms. The molecule has 0 atom stereocenters. The number of amides is 1. The van der Waals surface area contributed by atoms with Crippen molar-refractivity contribution in [1.29, 1.82) is 0 Å². The number of benzene rings is 1. The first kappa shape index (κ1) is 23.3. The van der Waals surface area contributed by atoms with Crippen LogP contribution in [0.15, 0.2) is 39.9 Å². The van der Waals surface area contributed by atoms with Crippen LogP contribution in [0.25, 0.3) is 5.69 Å². The number of thioether (sulfide) groups is 1. The lowest BCUT2D eigenvalue weighted by molar-refractivity contribution is -0.705. The van der Waals surface area contributed by atoms with Crippen molar-refractivity contribution in [2.75, 3.05) is 18.2 Å². The zero-order valence-corrected chi connectivity index (χ0v) is 19.9. The van der Waals surface area contributed by atoms with E-state index in [9.17, 15) is 14.7 Å². The van der Waals surface area contributed by atoms with Gasteiger partial charge in [-0.15, -0.1) is 11.3 Å². The molecule has 2 aromatic heterocycles. The molecule has 174 valence electrons. The largest absolute Gasteiger partial charge is 0.538 e. The fourth-order valence-corrected chi connectivity index (χ4v) is 6.04. The highest BCUT2D eigenvalue weighted by Crippen LogP contribution is 2.37. The molecule has 1 aromatic carbocycles. The minimum absolute atomic E-state index is 0.160. The summed E-state index contributed by atoms with van der Waals surface area (Å²) in [5.41, 5.74) is 2.21. The van der Waals surface area contributed by atoms with Gasteiger partial charge in [-0.05, 0) is 35.9 Å². The van der Waals surface area contributed by atoms with E-state index in [-0.39, 0.29) is 12.3 Å². The molecule has 0 saturated heterocycles. The Morgan fingerprint density at radius 3 is 2.73 bits per heavy atom. The van der Waals surface area contributed by atoms with E-state index in [4.69, 9.17) is 9.26 Å². The van der Waals surface area contributed by atoms with Crippen molar-refractivity contribution in [2.45, 2.75) is 50.0 Å².